The molecule has 0 saturated carbocycles. The van der Waals surface area contributed by atoms with E-state index in [1.165, 1.54) is 0 Å². The molecule has 2 aromatic rings. The van der Waals surface area contributed by atoms with Crippen LogP contribution in [-0.4, -0.2) is 54.0 Å². The molecule has 0 radical (unpaired) electrons. The number of anilines is 1. The van der Waals surface area contributed by atoms with E-state index >= 15 is 0 Å². The van der Waals surface area contributed by atoms with Crippen molar-refractivity contribution in [1.29, 1.82) is 0 Å². The molecule has 25 heavy (non-hydrogen) atoms. The molecule has 1 saturated heterocycles. The lowest BCUT2D eigenvalue weighted by Crippen LogP contribution is -2.36. The number of pyridine rings is 1. The van der Waals surface area contributed by atoms with E-state index in [0.29, 0.717) is 6.04 Å². The van der Waals surface area contributed by atoms with Crippen molar-refractivity contribution >= 4 is 23.9 Å². The minimum absolute atomic E-state index is 0.0267. The highest BCUT2D eigenvalue weighted by Gasteiger charge is 2.27. The van der Waals surface area contributed by atoms with Gasteiger partial charge in [-0.3, -0.25) is 4.98 Å². The van der Waals surface area contributed by atoms with Gasteiger partial charge in [0.2, 0.25) is 0 Å². The highest BCUT2D eigenvalue weighted by atomic mass is 16.2. The van der Waals surface area contributed by atoms with Gasteiger partial charge in [0.25, 0.3) is 0 Å². The van der Waals surface area contributed by atoms with Gasteiger partial charge in [0.15, 0.2) is 0 Å². The molecule has 5 heteroatoms. The summed E-state index contributed by atoms with van der Waals surface area (Å²) in [6, 6.07) is 14.1. The summed E-state index contributed by atoms with van der Waals surface area (Å²) < 4.78 is 0. The van der Waals surface area contributed by atoms with E-state index in [1.807, 2.05) is 59.5 Å². The number of aromatic nitrogens is 1. The van der Waals surface area contributed by atoms with Crippen molar-refractivity contribution < 1.29 is 4.79 Å². The summed E-state index contributed by atoms with van der Waals surface area (Å²) in [5, 5.41) is 2.98. The van der Waals surface area contributed by atoms with Crippen LogP contribution in [0.2, 0.25) is 0 Å². The number of nitrogens with one attached hydrogen (secondary N) is 1. The van der Waals surface area contributed by atoms with Crippen molar-refractivity contribution in [3.05, 3.63) is 59.9 Å². The minimum atomic E-state index is -0.0267. The number of hydrogen-bond acceptors (Lipinski definition) is 3. The normalized spacial score (nSPS) is 17.4. The molecule has 0 spiro atoms. The summed E-state index contributed by atoms with van der Waals surface area (Å²) in [6.45, 7) is 1.59. The number of nitrogens with zero attached hydrogens (tertiary/aromatic N) is 3. The lowest BCUT2D eigenvalue weighted by atomic mass is 10.2. The summed E-state index contributed by atoms with van der Waals surface area (Å²) >= 11 is 0. The third-order valence-electron chi connectivity index (χ3n) is 4.48. The Morgan fingerprint density at radius 3 is 2.64 bits per heavy atom. The van der Waals surface area contributed by atoms with Crippen molar-refractivity contribution in [1.82, 2.24) is 14.8 Å². The summed E-state index contributed by atoms with van der Waals surface area (Å²) in [4.78, 5) is 20.7. The Bertz CT molecular complexity index is 725. The quantitative estimate of drug-likeness (QED) is 0.931. The number of carbonyl (C=O) groups is 1. The Morgan fingerprint density at radius 2 is 2.00 bits per heavy atom. The Hall–Kier alpha value is -2.66. The van der Waals surface area contributed by atoms with Crippen LogP contribution in [-0.2, 0) is 0 Å². The number of rotatable bonds is 4. The smallest absolute Gasteiger partial charge is 0.321 e. The first-order valence-corrected chi connectivity index (χ1v) is 8.53. The molecule has 2 amide bonds. The molecule has 0 unspecified atom stereocenters. The average molecular weight is 336 g/mol. The molecule has 3 rings (SSSR count). The number of benzene rings is 1. The molecule has 1 aliphatic heterocycles. The summed E-state index contributed by atoms with van der Waals surface area (Å²) in [5.41, 5.74) is 2.80. The second kappa shape index (κ2) is 7.94. The fraction of sp³-hybridized carbons (Fsp3) is 0.300. The van der Waals surface area contributed by atoms with Crippen LogP contribution in [0.15, 0.2) is 48.7 Å². The molecule has 5 nitrogen and oxygen atoms in total. The van der Waals surface area contributed by atoms with E-state index in [1.54, 1.807) is 6.20 Å². The molecule has 1 aromatic carbocycles. The Labute approximate surface area is 149 Å². The van der Waals surface area contributed by atoms with Crippen molar-refractivity contribution in [3.8, 4) is 0 Å². The molecular weight excluding hydrogens is 312 g/mol. The molecule has 2 heterocycles. The molecule has 130 valence electrons. The van der Waals surface area contributed by atoms with Crippen LogP contribution in [0.1, 0.15) is 17.7 Å². The van der Waals surface area contributed by atoms with Crippen molar-refractivity contribution in [2.24, 2.45) is 0 Å². The SMILES string of the molecule is CN(C)[C@@H]1CCN(C(=O)Nc2ccc(/C=C/c3ccccn3)cc2)C1. The number of likely N-dealkylation sites (N-methyl/N-ethyl adjacent to an activating group) is 1. The fourth-order valence-electron chi connectivity index (χ4n) is 2.88. The Kier molecular flexibility index (Phi) is 5.46. The molecule has 0 aliphatic carbocycles. The maximum absolute atomic E-state index is 12.4. The fourth-order valence-corrected chi connectivity index (χ4v) is 2.88. The van der Waals surface area contributed by atoms with Crippen LogP contribution < -0.4 is 5.32 Å². The molecule has 1 aliphatic rings. The molecule has 0 bridgehead atoms. The minimum Gasteiger partial charge on any atom is -0.323 e. The third-order valence-corrected chi connectivity index (χ3v) is 4.48. The van der Waals surface area contributed by atoms with Gasteiger partial charge in [-0.05, 0) is 56.4 Å². The van der Waals surface area contributed by atoms with Gasteiger partial charge in [0, 0.05) is 31.0 Å². The summed E-state index contributed by atoms with van der Waals surface area (Å²) in [5.74, 6) is 0. The van der Waals surface area contributed by atoms with Gasteiger partial charge in [0.1, 0.15) is 0 Å². The molecule has 1 fully saturated rings. The first-order chi connectivity index (χ1) is 12.1. The Morgan fingerprint density at radius 1 is 1.20 bits per heavy atom. The zero-order valence-electron chi connectivity index (χ0n) is 14.7. The molecule has 1 N–H and O–H groups in total. The molecular formula is C20H24N4O. The monoisotopic (exact) mass is 336 g/mol. The first-order valence-electron chi connectivity index (χ1n) is 8.53. The van der Waals surface area contributed by atoms with Crippen LogP contribution in [0.25, 0.3) is 12.2 Å². The molecule has 1 atom stereocenters. The van der Waals surface area contributed by atoms with Crippen molar-refractivity contribution in [2.75, 3.05) is 32.5 Å². The number of amides is 2. The van der Waals surface area contributed by atoms with Crippen LogP contribution >= 0.6 is 0 Å². The lowest BCUT2D eigenvalue weighted by molar-refractivity contribution is 0.216. The zero-order valence-corrected chi connectivity index (χ0v) is 14.7. The first kappa shape index (κ1) is 17.2. The van der Waals surface area contributed by atoms with Gasteiger partial charge in [-0.25, -0.2) is 4.79 Å². The van der Waals surface area contributed by atoms with E-state index in [-0.39, 0.29) is 6.03 Å². The zero-order chi connectivity index (χ0) is 17.6. The largest absolute Gasteiger partial charge is 0.323 e. The van der Waals surface area contributed by atoms with Gasteiger partial charge in [-0.1, -0.05) is 24.3 Å². The van der Waals surface area contributed by atoms with Gasteiger partial charge in [0.05, 0.1) is 5.69 Å². The second-order valence-electron chi connectivity index (χ2n) is 6.49. The van der Waals surface area contributed by atoms with Crippen molar-refractivity contribution in [2.45, 2.75) is 12.5 Å². The average Bonchev–Trinajstić information content (AvgIpc) is 3.13. The predicted octanol–water partition coefficient (Wildman–Crippen LogP) is 3.42. The topological polar surface area (TPSA) is 48.5 Å². The maximum Gasteiger partial charge on any atom is 0.321 e. The van der Waals surface area contributed by atoms with E-state index in [4.69, 9.17) is 0 Å². The van der Waals surface area contributed by atoms with Crippen LogP contribution in [0.3, 0.4) is 0 Å². The van der Waals surface area contributed by atoms with Crippen molar-refractivity contribution in [3.63, 3.8) is 0 Å². The maximum atomic E-state index is 12.4. The van der Waals surface area contributed by atoms with Crippen LogP contribution in [0, 0.1) is 0 Å². The van der Waals surface area contributed by atoms with Gasteiger partial charge < -0.3 is 15.1 Å². The van der Waals surface area contributed by atoms with E-state index in [9.17, 15) is 4.79 Å². The third kappa shape index (κ3) is 4.67. The highest BCUT2D eigenvalue weighted by molar-refractivity contribution is 5.89. The molecule has 1 aromatic heterocycles. The number of carbonyl (C=O) groups excluding carboxylic acids is 1. The van der Waals surface area contributed by atoms with Gasteiger partial charge >= 0.3 is 6.03 Å². The van der Waals surface area contributed by atoms with E-state index < -0.39 is 0 Å². The van der Waals surface area contributed by atoms with Crippen LogP contribution in [0.4, 0.5) is 10.5 Å². The summed E-state index contributed by atoms with van der Waals surface area (Å²) in [6.07, 6.45) is 6.78. The standard InChI is InChI=1S/C20H24N4O/c1-23(2)19-12-14-24(15-19)20(25)22-18-10-7-16(8-11-18)6-9-17-5-3-4-13-21-17/h3-11,13,19H,12,14-15H2,1-2H3,(H,22,25)/b9-6+/t19-/m1/s1. The lowest BCUT2D eigenvalue weighted by Gasteiger charge is -2.20. The highest BCUT2D eigenvalue weighted by Crippen LogP contribution is 2.16. The predicted molar refractivity (Wildman–Crippen MR) is 102 cm³/mol. The van der Waals surface area contributed by atoms with E-state index in [2.05, 4.69) is 29.3 Å². The summed E-state index contributed by atoms with van der Waals surface area (Å²) in [7, 11) is 4.12. The van der Waals surface area contributed by atoms with E-state index in [0.717, 1.165) is 36.5 Å². The van der Waals surface area contributed by atoms with Gasteiger partial charge in [-0.15, -0.1) is 0 Å². The number of hydrogen-bond donors (Lipinski definition) is 1. The number of urea groups is 1. The van der Waals surface area contributed by atoms with Crippen LogP contribution in [0.5, 0.6) is 0 Å². The Balaban J connectivity index is 1.56. The second-order valence-corrected chi connectivity index (χ2v) is 6.49. The van der Waals surface area contributed by atoms with Gasteiger partial charge in [-0.2, -0.15) is 0 Å². The number of likely N-dealkylation sites (tertiary alicyclic amines) is 1.